The molecule has 18 nitrogen and oxygen atoms in total. The molecule has 0 aromatic rings. The molecule has 2 N–H and O–H groups in total. The third kappa shape index (κ3) is 35.7. The zero-order chi connectivity index (χ0) is 73.6. The fourth-order valence-corrected chi connectivity index (χ4v) is 11.8. The molecule has 8 fully saturated rings. The van der Waals surface area contributed by atoms with Gasteiger partial charge in [0, 0.05) is 148 Å². The number of hydrogen-bond donors (Lipinski definition) is 1. The molecule has 0 spiro atoms. The van der Waals surface area contributed by atoms with E-state index in [1.807, 2.05) is 200 Å². The number of amides is 9. The van der Waals surface area contributed by atoms with E-state index in [0.717, 1.165) is 97.5 Å². The van der Waals surface area contributed by atoms with Crippen LogP contribution >= 0.6 is 0 Å². The summed E-state index contributed by atoms with van der Waals surface area (Å²) < 4.78 is 0. The Labute approximate surface area is 602 Å². The Kier molecular flexibility index (Phi) is 41.7. The van der Waals surface area contributed by atoms with Gasteiger partial charge in [0.2, 0.25) is 53.2 Å². The molecule has 0 aromatic heterocycles. The first-order chi connectivity index (χ1) is 43.1. The first-order valence-corrected chi connectivity index (χ1v) is 36.8. The summed E-state index contributed by atoms with van der Waals surface area (Å²) in [6.45, 7) is 68.5. The third-order valence-corrected chi connectivity index (χ3v) is 18.0. The maximum atomic E-state index is 11.9. The number of hydrogen-bond acceptors (Lipinski definition) is 9. The van der Waals surface area contributed by atoms with E-state index in [2.05, 4.69) is 20.8 Å². The van der Waals surface area contributed by atoms with Crippen LogP contribution in [0.5, 0.6) is 0 Å². The quantitative estimate of drug-likeness (QED) is 0.265. The highest BCUT2D eigenvalue weighted by atomic mass is 16.2. The monoisotopic (exact) mass is 1390 g/mol. The van der Waals surface area contributed by atoms with E-state index in [1.54, 1.807) is 4.90 Å². The minimum atomic E-state index is -0.369. The Balaban J connectivity index is -0.00000105. The van der Waals surface area contributed by atoms with E-state index in [0.29, 0.717) is 66.8 Å². The van der Waals surface area contributed by atoms with Crippen LogP contribution in [-0.2, 0) is 43.2 Å². The Bertz CT molecular complexity index is 2330. The highest BCUT2D eigenvalue weighted by Gasteiger charge is 2.38. The standard InChI is InChI=1S/C11H21NO.C10H18N2O2.3C10H19NO.2C9H17NO.C8H15NO.3CH4/c1-9-5-7-12(8-6-9)10(13)11(2,3)4;1-10(2,3)9(14)12-5-4-7(6-12)8(11)13;1-8-5-6-11(7-8)9(12)10(2,3)4;2*1-10(2,3)9(12)11-7-5-4-6-8-11;1-7-5-10(6-7)8(11)9(2,3)4;1-9(2,3)8(11)10-6-4-5-7-10;1-8(2,3)7(10)9-5-4-6-9;;;/h9H,5-8H2,1-4H3;7H,4-6H2,1-3H3,(H2,11,13);8H,5-7H2,1-4H3;2*4-8H2,1-3H3;7H,5-6H2,1-4H3;4-7H2,1-3H3;4-6H2,1-3H3;3*1H4. The van der Waals surface area contributed by atoms with Gasteiger partial charge in [0.15, 0.2) is 0 Å². The molecule has 0 aromatic carbocycles. The summed E-state index contributed by atoms with van der Waals surface area (Å²) in [7, 11) is 0. The van der Waals surface area contributed by atoms with E-state index < -0.39 is 0 Å². The number of nitrogens with zero attached hydrogens (tertiary/aromatic N) is 8. The third-order valence-electron chi connectivity index (χ3n) is 18.0. The van der Waals surface area contributed by atoms with Crippen LogP contribution in [0.4, 0.5) is 0 Å². The maximum Gasteiger partial charge on any atom is 0.227 e. The van der Waals surface area contributed by atoms with Crippen LogP contribution in [0.2, 0.25) is 0 Å². The van der Waals surface area contributed by atoms with Crippen molar-refractivity contribution in [2.45, 2.75) is 293 Å². The topological polar surface area (TPSA) is 206 Å². The lowest BCUT2D eigenvalue weighted by atomic mass is 9.91. The number of carbonyl (C=O) groups excluding carboxylic acids is 9. The van der Waals surface area contributed by atoms with Crippen molar-refractivity contribution in [2.75, 3.05) is 105 Å². The van der Waals surface area contributed by atoms with Crippen LogP contribution in [0.15, 0.2) is 0 Å². The lowest BCUT2D eigenvalue weighted by molar-refractivity contribution is -0.145. The molecule has 2 atom stereocenters. The van der Waals surface area contributed by atoms with E-state index >= 15 is 0 Å². The fourth-order valence-electron chi connectivity index (χ4n) is 11.8. The molecule has 2 unspecified atom stereocenters. The van der Waals surface area contributed by atoms with Gasteiger partial charge in [-0.05, 0) is 101 Å². The van der Waals surface area contributed by atoms with Crippen molar-refractivity contribution in [2.24, 2.45) is 72.7 Å². The van der Waals surface area contributed by atoms with Crippen molar-refractivity contribution in [3.8, 4) is 0 Å². The number of carbonyl (C=O) groups is 9. The second-order valence-corrected chi connectivity index (χ2v) is 36.9. The summed E-state index contributed by atoms with van der Waals surface area (Å²) in [6, 6.07) is 0. The van der Waals surface area contributed by atoms with Crippen molar-refractivity contribution in [1.82, 2.24) is 39.2 Å². The van der Waals surface area contributed by atoms with Gasteiger partial charge < -0.3 is 44.9 Å². The summed E-state index contributed by atoms with van der Waals surface area (Å²) in [5.41, 5.74) is 3.45. The van der Waals surface area contributed by atoms with E-state index in [1.165, 1.54) is 77.0 Å². The van der Waals surface area contributed by atoms with Crippen LogP contribution < -0.4 is 5.73 Å². The molecule has 8 aliphatic rings. The summed E-state index contributed by atoms with van der Waals surface area (Å²) in [5.74, 6) is 3.94. The molecule has 8 heterocycles. The average molecular weight is 1390 g/mol. The van der Waals surface area contributed by atoms with Crippen molar-refractivity contribution >= 4 is 53.2 Å². The number of primary amides is 1. The summed E-state index contributed by atoms with van der Waals surface area (Å²) >= 11 is 0. The normalized spacial score (nSPS) is 19.9. The molecule has 0 aliphatic carbocycles. The molecule has 576 valence electrons. The van der Waals surface area contributed by atoms with Crippen LogP contribution in [0, 0.1) is 67.0 Å². The number of rotatable bonds is 1. The Morgan fingerprint density at radius 1 is 0.235 bits per heavy atom. The minimum Gasteiger partial charge on any atom is -0.369 e. The van der Waals surface area contributed by atoms with Gasteiger partial charge in [0.05, 0.1) is 5.92 Å². The molecular formula is C80H157N9O9. The second-order valence-electron chi connectivity index (χ2n) is 36.9. The van der Waals surface area contributed by atoms with Gasteiger partial charge in [-0.15, -0.1) is 0 Å². The molecule has 0 radical (unpaired) electrons. The molecule has 98 heavy (non-hydrogen) atoms. The highest BCUT2D eigenvalue weighted by molar-refractivity contribution is 5.86. The van der Waals surface area contributed by atoms with E-state index in [9.17, 15) is 43.2 Å². The van der Waals surface area contributed by atoms with Gasteiger partial charge in [-0.3, -0.25) is 43.2 Å². The second kappa shape index (κ2) is 42.0. The predicted octanol–water partition coefficient (Wildman–Crippen LogP) is 15.0. The Morgan fingerprint density at radius 3 is 0.643 bits per heavy atom. The van der Waals surface area contributed by atoms with Crippen molar-refractivity contribution in [3.63, 3.8) is 0 Å². The first kappa shape index (κ1) is 97.4. The largest absolute Gasteiger partial charge is 0.369 e. The molecule has 0 saturated carbocycles. The van der Waals surface area contributed by atoms with Crippen LogP contribution in [-0.4, -0.2) is 197 Å². The SMILES string of the molecule is C.C.C.CC(C)(C)C(=O)N1CCC(C(N)=O)C1.CC(C)(C)C(=O)N1CCC1.CC(C)(C)C(=O)N1CCCC1.CC(C)(C)C(=O)N1CCCCC1.CC(C)(C)C(=O)N1CCCCC1.CC1CCN(C(=O)C(C)(C)C)C1.CC1CCN(C(=O)C(C)(C)C)CC1.CC1CN(C(=O)C(C)(C)C)C1. The van der Waals surface area contributed by atoms with Gasteiger partial charge in [-0.25, -0.2) is 0 Å². The molecular weight excluding hydrogens is 1230 g/mol. The van der Waals surface area contributed by atoms with E-state index in [-0.39, 0.29) is 89.2 Å². The van der Waals surface area contributed by atoms with Crippen LogP contribution in [0.1, 0.15) is 293 Å². The summed E-state index contributed by atoms with van der Waals surface area (Å²) in [5, 5.41) is 0. The van der Waals surface area contributed by atoms with Crippen molar-refractivity contribution < 1.29 is 43.2 Å². The highest BCUT2D eigenvalue weighted by Crippen LogP contribution is 2.29. The van der Waals surface area contributed by atoms with Gasteiger partial charge >= 0.3 is 0 Å². The van der Waals surface area contributed by atoms with Gasteiger partial charge in [-0.2, -0.15) is 0 Å². The van der Waals surface area contributed by atoms with Crippen molar-refractivity contribution in [3.05, 3.63) is 0 Å². The van der Waals surface area contributed by atoms with Crippen LogP contribution in [0.25, 0.3) is 0 Å². The Hall–Kier alpha value is -4.77. The summed E-state index contributed by atoms with van der Waals surface area (Å²) in [4.78, 5) is 120. The fraction of sp³-hybridized carbons (Fsp3) is 0.887. The predicted molar refractivity (Wildman–Crippen MR) is 409 cm³/mol. The smallest absolute Gasteiger partial charge is 0.227 e. The number of nitrogens with two attached hydrogens (primary N) is 1. The molecule has 9 amide bonds. The molecule has 8 rings (SSSR count). The Morgan fingerprint density at radius 2 is 0.429 bits per heavy atom. The number of likely N-dealkylation sites (tertiary alicyclic amines) is 8. The summed E-state index contributed by atoms with van der Waals surface area (Å²) in [6.07, 6.45) is 15.1. The average Bonchev–Trinajstić information content (AvgIpc) is 0.932. The molecule has 18 heteroatoms. The lowest BCUT2D eigenvalue weighted by Crippen LogP contribution is -2.52. The van der Waals surface area contributed by atoms with Crippen molar-refractivity contribution in [1.29, 1.82) is 0 Å². The van der Waals surface area contributed by atoms with Crippen LogP contribution in [0.3, 0.4) is 0 Å². The maximum absolute atomic E-state index is 11.9. The molecule has 8 aliphatic heterocycles. The molecule has 8 saturated heterocycles. The van der Waals surface area contributed by atoms with Gasteiger partial charge in [0.1, 0.15) is 0 Å². The molecule has 0 bridgehead atoms. The van der Waals surface area contributed by atoms with Gasteiger partial charge in [-0.1, -0.05) is 209 Å². The van der Waals surface area contributed by atoms with Gasteiger partial charge in [0.25, 0.3) is 0 Å². The first-order valence-electron chi connectivity index (χ1n) is 36.8. The minimum absolute atomic E-state index is 0. The zero-order valence-corrected chi connectivity index (χ0v) is 66.1. The number of piperidine rings is 3. The zero-order valence-electron chi connectivity index (χ0n) is 66.1. The van der Waals surface area contributed by atoms with E-state index in [4.69, 9.17) is 5.73 Å². The lowest BCUT2D eigenvalue weighted by Gasteiger charge is -2.40.